The van der Waals surface area contributed by atoms with E-state index in [1.807, 2.05) is 81.8 Å². The number of likely N-dealkylation sites (N-methyl/N-ethyl adjacent to an activating group) is 3. The molecule has 0 spiro atoms. The third-order valence-electron chi connectivity index (χ3n) is 23.6. The van der Waals surface area contributed by atoms with Gasteiger partial charge in [0.2, 0.25) is 47.8 Å². The van der Waals surface area contributed by atoms with E-state index in [0.717, 1.165) is 74.2 Å². The Balaban J connectivity index is 0.649. The monoisotopic (exact) mass is 2050 g/mol. The highest BCUT2D eigenvalue weighted by Crippen LogP contribution is 2.43. The molecular weight excluding hydrogens is 1920 g/mol. The van der Waals surface area contributed by atoms with E-state index >= 15 is 0 Å². The van der Waals surface area contributed by atoms with Gasteiger partial charge in [-0.25, -0.2) is 39.4 Å². The maximum atomic E-state index is 13.8. The molecule has 744 valence electrons. The summed E-state index contributed by atoms with van der Waals surface area (Å²) in [7, 11) is -5.61. The largest absolute Gasteiger partial charge is 0.494 e. The summed E-state index contributed by atoms with van der Waals surface area (Å²) in [6, 6.07) is 39.4. The molecule has 3 amide bonds. The number of hydrogen-bond acceptors (Lipinski definition) is 23. The molecule has 0 aliphatic carbocycles. The van der Waals surface area contributed by atoms with Gasteiger partial charge in [0.05, 0.1) is 140 Å². The Morgan fingerprint density at radius 2 is 0.659 bits per heavy atom. The molecule has 7 aromatic rings. The van der Waals surface area contributed by atoms with Crippen molar-refractivity contribution < 1.29 is 87.0 Å². The molecule has 3 aliphatic heterocycles. The number of rotatable bonds is 65. The van der Waals surface area contributed by atoms with Crippen LogP contribution < -0.4 is 40.2 Å². The first-order valence-corrected chi connectivity index (χ1v) is 53.0. The molecule has 0 bridgehead atoms. The molecule has 7 aromatic carbocycles. The van der Waals surface area contributed by atoms with E-state index < -0.39 is 35.6 Å². The van der Waals surface area contributed by atoms with Crippen LogP contribution in [0.5, 0.6) is 5.75 Å². The molecule has 29 nitrogen and oxygen atoms in total. The molecule has 7 N–H and O–H groups in total. The summed E-state index contributed by atoms with van der Waals surface area (Å²) in [4.78, 5) is 48.3. The van der Waals surface area contributed by atoms with Crippen LogP contribution in [0.1, 0.15) is 157 Å². The lowest BCUT2D eigenvalue weighted by Crippen LogP contribution is -2.47. The number of ether oxygens (including phenoxy) is 10. The van der Waals surface area contributed by atoms with Crippen molar-refractivity contribution in [1.82, 2.24) is 50.1 Å². The minimum Gasteiger partial charge on any atom is -0.494 e. The second-order valence-electron chi connectivity index (χ2n) is 34.0. The van der Waals surface area contributed by atoms with Gasteiger partial charge in [-0.3, -0.25) is 14.4 Å². The van der Waals surface area contributed by atoms with Gasteiger partial charge in [-0.2, -0.15) is 0 Å². The summed E-state index contributed by atoms with van der Waals surface area (Å²) in [6.45, 7) is 11.6. The summed E-state index contributed by atoms with van der Waals surface area (Å²) in [5, 5.41) is 15.9. The normalized spacial score (nSPS) is 15.9. The zero-order valence-corrected chi connectivity index (χ0v) is 84.6. The highest BCUT2D eigenvalue weighted by atomic mass is 35.5. The van der Waals surface area contributed by atoms with Crippen molar-refractivity contribution in [1.29, 1.82) is 0 Å². The summed E-state index contributed by atoms with van der Waals surface area (Å²) in [6.07, 6.45) is 7.75. The molecule has 3 aliphatic rings. The van der Waals surface area contributed by atoms with Gasteiger partial charge in [-0.1, -0.05) is 157 Å². The van der Waals surface area contributed by atoms with Crippen LogP contribution in [0.3, 0.4) is 0 Å². The van der Waals surface area contributed by atoms with Crippen LogP contribution >= 0.6 is 69.6 Å². The van der Waals surface area contributed by atoms with Crippen molar-refractivity contribution in [2.24, 2.45) is 0 Å². The van der Waals surface area contributed by atoms with Gasteiger partial charge in [0.15, 0.2) is 0 Å². The van der Waals surface area contributed by atoms with Gasteiger partial charge in [0.1, 0.15) is 5.75 Å². The van der Waals surface area contributed by atoms with E-state index in [1.165, 1.54) is 25.7 Å². The maximum Gasteiger partial charge on any atom is 0.240 e. The van der Waals surface area contributed by atoms with Crippen molar-refractivity contribution in [2.75, 3.05) is 206 Å². The Morgan fingerprint density at radius 1 is 0.363 bits per heavy atom. The first-order chi connectivity index (χ1) is 65.1. The molecular formula is C97H132Cl6N10O19S3. The van der Waals surface area contributed by atoms with E-state index in [4.69, 9.17) is 117 Å². The van der Waals surface area contributed by atoms with Crippen LogP contribution in [-0.2, 0) is 113 Å². The van der Waals surface area contributed by atoms with Crippen LogP contribution in [0.4, 0.5) is 0 Å². The molecule has 0 radical (unpaired) electrons. The number of nitrogens with one attached hydrogen (secondary N) is 7. The van der Waals surface area contributed by atoms with E-state index in [0.29, 0.717) is 82.6 Å². The van der Waals surface area contributed by atoms with Gasteiger partial charge in [0, 0.05) is 158 Å². The highest BCUT2D eigenvalue weighted by Gasteiger charge is 2.35. The lowest BCUT2D eigenvalue weighted by atomic mass is 9.83. The van der Waals surface area contributed by atoms with Gasteiger partial charge >= 0.3 is 0 Å². The molecule has 0 aromatic heterocycles. The Labute approximate surface area is 827 Å². The van der Waals surface area contributed by atoms with Gasteiger partial charge in [0.25, 0.3) is 0 Å². The predicted octanol–water partition coefficient (Wildman–Crippen LogP) is 13.7. The first-order valence-electron chi connectivity index (χ1n) is 46.3. The first kappa shape index (κ1) is 111. The van der Waals surface area contributed by atoms with Gasteiger partial charge in [-0.05, 0) is 187 Å². The Kier molecular flexibility index (Phi) is 47.7. The fourth-order valence-corrected chi connectivity index (χ4v) is 21.4. The smallest absolute Gasteiger partial charge is 0.240 e. The number of sulfonamides is 3. The lowest BCUT2D eigenvalue weighted by Gasteiger charge is -2.35. The predicted molar refractivity (Wildman–Crippen MR) is 528 cm³/mol. The number of nitrogens with zero attached hydrogens (tertiary/aromatic N) is 3. The van der Waals surface area contributed by atoms with Gasteiger partial charge in [-0.15, -0.1) is 0 Å². The third kappa shape index (κ3) is 37.6. The maximum absolute atomic E-state index is 13.8. The van der Waals surface area contributed by atoms with Crippen molar-refractivity contribution in [2.45, 2.75) is 148 Å². The molecule has 3 heterocycles. The van der Waals surface area contributed by atoms with Gasteiger partial charge < -0.3 is 83.3 Å². The lowest BCUT2D eigenvalue weighted by molar-refractivity contribution is -0.121. The Bertz CT molecular complexity index is 4790. The zero-order chi connectivity index (χ0) is 96.4. The van der Waals surface area contributed by atoms with E-state index in [2.05, 4.69) is 57.1 Å². The SMILES string of the molecule is CCCCCCCCOc1ccc(CNC(CCC(=O)NCCOCCOCCOCCNS(=O)(=O)c2cccc(C3CN(C)Cc4c(Cl)cc(Cl)cc43)c2)(CCC(=O)NCCOCCOCCOCCNS(=O)(=O)c2cccc(C3CN(C)Cc4c(Cl)cc(Cl)cc43)c2)CCC(=O)NCCOCCOCCOCCNS(=O)(=O)c2cccc(C3CN(C)Cc4c(Cl)cc(Cl)cc43)c2)cc1. The van der Waals surface area contributed by atoms with E-state index in [9.17, 15) is 39.6 Å². The Hall–Kier alpha value is -6.30. The molecule has 3 unspecified atom stereocenters. The molecule has 0 fully saturated rings. The zero-order valence-electron chi connectivity index (χ0n) is 77.6. The van der Waals surface area contributed by atoms with Crippen molar-refractivity contribution in [3.8, 4) is 5.75 Å². The number of carbonyl (C=O) groups excluding carboxylic acids is 3. The summed E-state index contributed by atoms with van der Waals surface area (Å²) >= 11 is 39.0. The average Bonchev–Trinajstić information content (AvgIpc) is 0.778. The summed E-state index contributed by atoms with van der Waals surface area (Å²) in [5.74, 6) is -0.416. The topological polar surface area (TPSA) is 340 Å². The number of hydrogen-bond donors (Lipinski definition) is 7. The number of unbranched alkanes of at least 4 members (excludes halogenated alkanes) is 5. The number of fused-ring (bicyclic) bond motifs is 3. The van der Waals surface area contributed by atoms with Crippen LogP contribution in [0.25, 0.3) is 0 Å². The fourth-order valence-electron chi connectivity index (χ4n) is 16.5. The average molecular weight is 2050 g/mol. The highest BCUT2D eigenvalue weighted by molar-refractivity contribution is 7.90. The minimum absolute atomic E-state index is 0.0435. The number of halogens is 6. The van der Waals surface area contributed by atoms with E-state index in [-0.39, 0.29) is 247 Å². The molecule has 3 atom stereocenters. The summed E-state index contributed by atoms with van der Waals surface area (Å²) < 4.78 is 146. The van der Waals surface area contributed by atoms with E-state index in [1.54, 1.807) is 72.8 Å². The van der Waals surface area contributed by atoms with Crippen LogP contribution in [-0.4, -0.2) is 269 Å². The molecule has 0 saturated carbocycles. The second kappa shape index (κ2) is 58.2. The number of benzene rings is 7. The minimum atomic E-state index is -3.87. The van der Waals surface area contributed by atoms with Crippen molar-refractivity contribution >= 4 is 117 Å². The van der Waals surface area contributed by atoms with Crippen molar-refractivity contribution in [3.63, 3.8) is 0 Å². The molecule has 10 rings (SSSR count). The third-order valence-corrected chi connectivity index (χ3v) is 29.6. The number of amides is 3. The van der Waals surface area contributed by atoms with Crippen LogP contribution in [0, 0.1) is 0 Å². The second-order valence-corrected chi connectivity index (χ2v) is 41.8. The summed E-state index contributed by atoms with van der Waals surface area (Å²) in [5.41, 5.74) is 8.34. The van der Waals surface area contributed by atoms with Crippen molar-refractivity contribution in [3.05, 3.63) is 219 Å². The van der Waals surface area contributed by atoms with Crippen LogP contribution in [0.2, 0.25) is 30.1 Å². The molecule has 38 heteroatoms. The quantitative estimate of drug-likeness (QED) is 0.0174. The Morgan fingerprint density at radius 3 is 0.978 bits per heavy atom. The fraction of sp³-hybridized carbons (Fsp3) is 0.536. The molecule has 0 saturated heterocycles. The standard InChI is InChI=1S/C97H132Cl6N10O19S3/c1-5-6-7-8-9-10-36-132-78-22-20-71(21-23-78)64-107-97(27-24-94(114)104-30-37-123-43-49-129-52-46-126-40-33-108-133(117,118)79-17-11-14-72(55-79)85-65-111(2)68-88-82(85)58-75(98)61-91(88)101,28-25-95(115)105-31-38-124-44-50-130-53-47-127-41-34-109-134(119,120)80-18-12-15-73(56-80)86-66-112(3)69-89-83(86)59-76(99)62-92(89)102)29-26-96(116)106-32-39-125-45-51-131-54-48-128-42-35-110-135(121,122)81-19-13-16-74(57-81)87-67-113(4)70-90-84(87)60-77(100)63-93(90)103/h11-23,55-63,85-87,107-110H,5-10,24-54,64-70H2,1-4H3,(H,104,114)(H,105,115)(H,106,116). The number of carbonyl (C=O) groups is 3. The molecule has 135 heavy (non-hydrogen) atoms. The van der Waals surface area contributed by atoms with Crippen LogP contribution in [0.15, 0.2) is 148 Å².